The Balaban J connectivity index is 1.52. The van der Waals surface area contributed by atoms with Crippen LogP contribution >= 0.6 is 11.3 Å². The molecule has 1 aliphatic carbocycles. The minimum Gasteiger partial charge on any atom is -0.383 e. The third kappa shape index (κ3) is 6.83. The van der Waals surface area contributed by atoms with Gasteiger partial charge in [0.25, 0.3) is 5.91 Å². The van der Waals surface area contributed by atoms with Crippen LogP contribution in [0.4, 0.5) is 4.39 Å². The van der Waals surface area contributed by atoms with E-state index in [-0.39, 0.29) is 30.2 Å². The predicted octanol–water partition coefficient (Wildman–Crippen LogP) is 5.19. The summed E-state index contributed by atoms with van der Waals surface area (Å²) in [4.78, 5) is 31.1. The summed E-state index contributed by atoms with van der Waals surface area (Å²) in [5, 5.41) is 1.87. The van der Waals surface area contributed by atoms with Gasteiger partial charge in [-0.1, -0.05) is 37.5 Å². The first-order valence-electron chi connectivity index (χ1n) is 12.5. The maximum absolute atomic E-state index is 13.8. The molecule has 0 spiro atoms. The summed E-state index contributed by atoms with van der Waals surface area (Å²) in [5.41, 5.74) is 2.02. The topological polar surface area (TPSA) is 54.8 Å². The molecule has 8 heteroatoms. The van der Waals surface area contributed by atoms with Crippen molar-refractivity contribution in [2.24, 2.45) is 0 Å². The van der Waals surface area contributed by atoms with Crippen LogP contribution in [-0.2, 0) is 22.6 Å². The number of benzene rings is 1. The molecule has 2 heterocycles. The Morgan fingerprint density at radius 3 is 2.56 bits per heavy atom. The van der Waals surface area contributed by atoms with Gasteiger partial charge in [-0.2, -0.15) is 0 Å². The van der Waals surface area contributed by atoms with E-state index in [1.54, 1.807) is 30.2 Å². The Kier molecular flexibility index (Phi) is 9.30. The van der Waals surface area contributed by atoms with E-state index >= 15 is 0 Å². The Hall–Kier alpha value is -2.97. The number of nitrogens with zero attached hydrogens (tertiary/aromatic N) is 3. The maximum atomic E-state index is 13.8. The molecule has 2 amide bonds. The second-order valence-electron chi connectivity index (χ2n) is 9.26. The lowest BCUT2D eigenvalue weighted by Gasteiger charge is -2.36. The number of aromatic nitrogens is 1. The molecule has 6 nitrogen and oxygen atoms in total. The summed E-state index contributed by atoms with van der Waals surface area (Å²) in [7, 11) is 1.60. The normalized spacial score (nSPS) is 14.1. The van der Waals surface area contributed by atoms with Gasteiger partial charge in [0.15, 0.2) is 0 Å². The van der Waals surface area contributed by atoms with Gasteiger partial charge >= 0.3 is 0 Å². The highest BCUT2D eigenvalue weighted by molar-refractivity contribution is 7.12. The Morgan fingerprint density at radius 1 is 1.08 bits per heavy atom. The van der Waals surface area contributed by atoms with Gasteiger partial charge in [0.2, 0.25) is 5.91 Å². The molecule has 0 atom stereocenters. The molecule has 1 aliphatic rings. The van der Waals surface area contributed by atoms with Crippen molar-refractivity contribution in [3.63, 3.8) is 0 Å². The van der Waals surface area contributed by atoms with E-state index < -0.39 is 0 Å². The molecule has 0 saturated heterocycles. The van der Waals surface area contributed by atoms with Crippen molar-refractivity contribution in [1.29, 1.82) is 0 Å². The van der Waals surface area contributed by atoms with Crippen LogP contribution in [0.15, 0.2) is 60.1 Å². The van der Waals surface area contributed by atoms with Crippen LogP contribution in [-0.4, -0.2) is 59.0 Å². The summed E-state index contributed by atoms with van der Waals surface area (Å²) < 4.78 is 20.7. The standard InChI is InChI=1S/C28H34FN3O3S/c1-35-17-16-31(28(34)26-10-6-18-36-26)21-27(33)32(24-7-3-2-4-8-24)20-25-9-5-15-30(25)19-22-11-13-23(29)14-12-22/h5-6,9-15,18,24H,2-4,7-8,16-17,19-21H2,1H3. The highest BCUT2D eigenvalue weighted by atomic mass is 32.1. The molecule has 0 N–H and O–H groups in total. The number of thiophene rings is 1. The average molecular weight is 512 g/mol. The summed E-state index contributed by atoms with van der Waals surface area (Å²) in [5.74, 6) is -0.438. The predicted molar refractivity (Wildman–Crippen MR) is 139 cm³/mol. The van der Waals surface area contributed by atoms with Crippen LogP contribution in [0, 0.1) is 5.82 Å². The van der Waals surface area contributed by atoms with Gasteiger partial charge in [-0.05, 0) is 54.1 Å². The number of carbonyl (C=O) groups is 2. The number of methoxy groups -OCH3 is 1. The molecule has 1 aromatic carbocycles. The van der Waals surface area contributed by atoms with Crippen molar-refractivity contribution < 1.29 is 18.7 Å². The van der Waals surface area contributed by atoms with E-state index in [9.17, 15) is 14.0 Å². The zero-order chi connectivity index (χ0) is 25.3. The van der Waals surface area contributed by atoms with Crippen LogP contribution in [0.1, 0.15) is 53.0 Å². The molecule has 2 aromatic heterocycles. The van der Waals surface area contributed by atoms with E-state index in [0.29, 0.717) is 31.1 Å². The van der Waals surface area contributed by atoms with Crippen molar-refractivity contribution in [3.05, 3.63) is 82.1 Å². The molecule has 36 heavy (non-hydrogen) atoms. The second kappa shape index (κ2) is 12.8. The van der Waals surface area contributed by atoms with Crippen molar-refractivity contribution in [2.45, 2.75) is 51.2 Å². The monoisotopic (exact) mass is 511 g/mol. The highest BCUT2D eigenvalue weighted by Gasteiger charge is 2.29. The van der Waals surface area contributed by atoms with Gasteiger partial charge in [0, 0.05) is 38.1 Å². The molecular weight excluding hydrogens is 477 g/mol. The molecule has 0 unspecified atom stereocenters. The molecule has 1 fully saturated rings. The van der Waals surface area contributed by atoms with Crippen LogP contribution in [0.2, 0.25) is 0 Å². The molecule has 0 aliphatic heterocycles. The van der Waals surface area contributed by atoms with Crippen molar-refractivity contribution in [1.82, 2.24) is 14.4 Å². The summed E-state index contributed by atoms with van der Waals surface area (Å²) in [6.07, 6.45) is 7.34. The third-order valence-corrected chi connectivity index (χ3v) is 7.63. The number of halogens is 1. The zero-order valence-corrected chi connectivity index (χ0v) is 21.6. The molecular formula is C28H34FN3O3S. The largest absolute Gasteiger partial charge is 0.383 e. The molecule has 1 saturated carbocycles. The summed E-state index contributed by atoms with van der Waals surface area (Å²) >= 11 is 1.38. The van der Waals surface area contributed by atoms with E-state index in [0.717, 1.165) is 36.9 Å². The maximum Gasteiger partial charge on any atom is 0.264 e. The Bertz CT molecular complexity index is 1110. The fourth-order valence-electron chi connectivity index (χ4n) is 4.79. The molecule has 4 rings (SSSR count). The number of hydrogen-bond acceptors (Lipinski definition) is 4. The first-order chi connectivity index (χ1) is 17.5. The second-order valence-corrected chi connectivity index (χ2v) is 10.2. The lowest BCUT2D eigenvalue weighted by molar-refractivity contribution is -0.135. The SMILES string of the molecule is COCCN(CC(=O)N(Cc1cccn1Cc1ccc(F)cc1)C1CCCCC1)C(=O)c1cccs1. The number of amides is 2. The van der Waals surface area contributed by atoms with Gasteiger partial charge in [-0.15, -0.1) is 11.3 Å². The van der Waals surface area contributed by atoms with Crippen LogP contribution < -0.4 is 0 Å². The van der Waals surface area contributed by atoms with E-state index in [4.69, 9.17) is 4.74 Å². The Morgan fingerprint density at radius 2 is 1.86 bits per heavy atom. The van der Waals surface area contributed by atoms with Crippen molar-refractivity contribution >= 4 is 23.2 Å². The lowest BCUT2D eigenvalue weighted by Crippen LogP contribution is -2.48. The molecule has 3 aromatic rings. The van der Waals surface area contributed by atoms with Gasteiger partial charge in [0.1, 0.15) is 12.4 Å². The summed E-state index contributed by atoms with van der Waals surface area (Å²) in [6, 6.07) is 14.3. The number of carbonyl (C=O) groups excluding carboxylic acids is 2. The number of rotatable bonds is 11. The van der Waals surface area contributed by atoms with Gasteiger partial charge in [-0.25, -0.2) is 4.39 Å². The highest BCUT2D eigenvalue weighted by Crippen LogP contribution is 2.25. The van der Waals surface area contributed by atoms with Crippen LogP contribution in [0.3, 0.4) is 0 Å². The third-order valence-electron chi connectivity index (χ3n) is 6.77. The van der Waals surface area contributed by atoms with E-state index in [1.165, 1.54) is 29.9 Å². The molecule has 0 radical (unpaired) electrons. The first kappa shape index (κ1) is 26.1. The smallest absolute Gasteiger partial charge is 0.264 e. The fraction of sp³-hybridized carbons (Fsp3) is 0.429. The van der Waals surface area contributed by atoms with Gasteiger partial charge in [0.05, 0.1) is 18.0 Å². The minimum absolute atomic E-state index is 0.0231. The summed E-state index contributed by atoms with van der Waals surface area (Å²) in [6.45, 7) is 1.83. The van der Waals surface area contributed by atoms with E-state index in [1.807, 2.05) is 34.7 Å². The number of ether oxygens (including phenoxy) is 1. The van der Waals surface area contributed by atoms with Crippen molar-refractivity contribution in [3.8, 4) is 0 Å². The quantitative estimate of drug-likeness (QED) is 0.356. The van der Waals surface area contributed by atoms with Crippen LogP contribution in [0.25, 0.3) is 0 Å². The minimum atomic E-state index is -0.254. The van der Waals surface area contributed by atoms with Gasteiger partial charge in [-0.3, -0.25) is 9.59 Å². The zero-order valence-electron chi connectivity index (χ0n) is 20.8. The van der Waals surface area contributed by atoms with E-state index in [2.05, 4.69) is 4.57 Å². The van der Waals surface area contributed by atoms with Gasteiger partial charge < -0.3 is 19.1 Å². The molecule has 0 bridgehead atoms. The fourth-order valence-corrected chi connectivity index (χ4v) is 5.48. The van der Waals surface area contributed by atoms with Crippen molar-refractivity contribution in [2.75, 3.05) is 26.8 Å². The first-order valence-corrected chi connectivity index (χ1v) is 13.4. The van der Waals surface area contributed by atoms with Crippen LogP contribution in [0.5, 0.6) is 0 Å². The average Bonchev–Trinajstić information content (AvgIpc) is 3.59. The Labute approximate surface area is 216 Å². The lowest BCUT2D eigenvalue weighted by atomic mass is 9.94. The number of hydrogen-bond donors (Lipinski definition) is 0. The molecule has 192 valence electrons.